The predicted molar refractivity (Wildman–Crippen MR) is 76.2 cm³/mol. The number of nitrogens with zero attached hydrogens (tertiary/aromatic N) is 1. The highest BCUT2D eigenvalue weighted by molar-refractivity contribution is 5.71. The van der Waals surface area contributed by atoms with Gasteiger partial charge in [0.05, 0.1) is 19.2 Å². The van der Waals surface area contributed by atoms with E-state index in [0.717, 1.165) is 5.69 Å². The van der Waals surface area contributed by atoms with E-state index >= 15 is 0 Å². The Hall–Kier alpha value is -2.30. The van der Waals surface area contributed by atoms with E-state index in [2.05, 4.69) is 23.7 Å². The van der Waals surface area contributed by atoms with E-state index in [-0.39, 0.29) is 17.9 Å². The Kier molecular flexibility index (Phi) is 4.08. The molecule has 0 atom stereocenters. The fourth-order valence-corrected chi connectivity index (χ4v) is 1.96. The van der Waals surface area contributed by atoms with Gasteiger partial charge in [-0.1, -0.05) is 26.0 Å². The van der Waals surface area contributed by atoms with E-state index in [9.17, 15) is 9.59 Å². The Bertz CT molecular complexity index is 651. The summed E-state index contributed by atoms with van der Waals surface area (Å²) >= 11 is 0. The summed E-state index contributed by atoms with van der Waals surface area (Å²) in [6.45, 7) is 4.23. The molecular formula is C15H18N2O3. The maximum absolute atomic E-state index is 11.9. The lowest BCUT2D eigenvalue weighted by Gasteiger charge is -2.07. The van der Waals surface area contributed by atoms with E-state index in [4.69, 9.17) is 0 Å². The third-order valence-corrected chi connectivity index (χ3v) is 3.15. The standard InChI is InChI=1S/C15H18N2O3/c1-10(2)11-4-6-13(7-5-11)17-14(18)8-12(16-17)9-15(19)20-3/h4-8,10,16H,9H2,1-3H3. The van der Waals surface area contributed by atoms with Crippen molar-refractivity contribution >= 4 is 5.97 Å². The molecule has 1 heterocycles. The molecule has 0 radical (unpaired) electrons. The second-order valence-corrected chi connectivity index (χ2v) is 4.95. The van der Waals surface area contributed by atoms with Crippen LogP contribution in [0.3, 0.4) is 0 Å². The minimum Gasteiger partial charge on any atom is -0.469 e. The molecule has 0 aliphatic carbocycles. The summed E-state index contributed by atoms with van der Waals surface area (Å²) in [4.78, 5) is 23.1. The number of hydrogen-bond acceptors (Lipinski definition) is 3. The van der Waals surface area contributed by atoms with Crippen LogP contribution >= 0.6 is 0 Å². The lowest BCUT2D eigenvalue weighted by molar-refractivity contribution is -0.139. The quantitative estimate of drug-likeness (QED) is 0.867. The molecule has 5 heteroatoms. The number of esters is 1. The molecule has 1 aromatic carbocycles. The van der Waals surface area contributed by atoms with Crippen LogP contribution in [0, 0.1) is 0 Å². The molecule has 2 rings (SSSR count). The van der Waals surface area contributed by atoms with Gasteiger partial charge in [0.25, 0.3) is 5.56 Å². The molecule has 0 amide bonds. The molecule has 0 aliphatic heterocycles. The number of nitrogens with one attached hydrogen (secondary N) is 1. The summed E-state index contributed by atoms with van der Waals surface area (Å²) in [7, 11) is 1.32. The lowest BCUT2D eigenvalue weighted by Crippen LogP contribution is -2.13. The van der Waals surface area contributed by atoms with Crippen LogP contribution in [-0.4, -0.2) is 22.9 Å². The van der Waals surface area contributed by atoms with Crippen LogP contribution < -0.4 is 5.56 Å². The fourth-order valence-electron chi connectivity index (χ4n) is 1.96. The first kappa shape index (κ1) is 14.1. The summed E-state index contributed by atoms with van der Waals surface area (Å²) < 4.78 is 6.00. The van der Waals surface area contributed by atoms with E-state index in [1.807, 2.05) is 24.3 Å². The molecule has 0 saturated heterocycles. The van der Waals surface area contributed by atoms with E-state index in [1.54, 1.807) is 0 Å². The van der Waals surface area contributed by atoms with Crippen LogP contribution in [0.15, 0.2) is 35.1 Å². The van der Waals surface area contributed by atoms with Gasteiger partial charge in [-0.2, -0.15) is 0 Å². The maximum Gasteiger partial charge on any atom is 0.311 e. The highest BCUT2D eigenvalue weighted by Gasteiger charge is 2.09. The third kappa shape index (κ3) is 2.99. The van der Waals surface area contributed by atoms with Crippen molar-refractivity contribution < 1.29 is 9.53 Å². The first-order valence-corrected chi connectivity index (χ1v) is 6.49. The van der Waals surface area contributed by atoms with Gasteiger partial charge >= 0.3 is 5.97 Å². The van der Waals surface area contributed by atoms with Gasteiger partial charge < -0.3 is 4.74 Å². The van der Waals surface area contributed by atoms with Crippen molar-refractivity contribution in [1.82, 2.24) is 9.78 Å². The number of aromatic nitrogens is 2. The molecule has 5 nitrogen and oxygen atoms in total. The zero-order valence-corrected chi connectivity index (χ0v) is 11.8. The van der Waals surface area contributed by atoms with Gasteiger partial charge in [0, 0.05) is 11.8 Å². The number of carbonyl (C=O) groups excluding carboxylic acids is 1. The SMILES string of the molecule is COC(=O)Cc1cc(=O)n(-c2ccc(C(C)C)cc2)[nH]1. The molecule has 2 aromatic rings. The Morgan fingerprint density at radius 1 is 1.30 bits per heavy atom. The van der Waals surface area contributed by atoms with E-state index < -0.39 is 0 Å². The van der Waals surface area contributed by atoms with Gasteiger partial charge in [0.2, 0.25) is 0 Å². The van der Waals surface area contributed by atoms with Crippen LogP contribution in [-0.2, 0) is 16.0 Å². The Morgan fingerprint density at radius 2 is 1.95 bits per heavy atom. The first-order valence-electron chi connectivity index (χ1n) is 6.49. The number of carbonyl (C=O) groups is 1. The number of H-pyrrole nitrogens is 1. The monoisotopic (exact) mass is 274 g/mol. The molecule has 0 saturated carbocycles. The van der Waals surface area contributed by atoms with Crippen LogP contribution in [0.1, 0.15) is 31.0 Å². The summed E-state index contributed by atoms with van der Waals surface area (Å²) in [5, 5.41) is 2.91. The Balaban J connectivity index is 2.28. The zero-order valence-electron chi connectivity index (χ0n) is 11.8. The summed E-state index contributed by atoms with van der Waals surface area (Å²) in [5.74, 6) is 0.0628. The van der Waals surface area contributed by atoms with Crippen LogP contribution in [0.5, 0.6) is 0 Å². The number of methoxy groups -OCH3 is 1. The summed E-state index contributed by atoms with van der Waals surface area (Å²) in [6, 6.07) is 9.16. The van der Waals surface area contributed by atoms with Crippen LogP contribution in [0.4, 0.5) is 0 Å². The summed E-state index contributed by atoms with van der Waals surface area (Å²) in [5.41, 5.74) is 2.30. The minimum atomic E-state index is -0.381. The first-order chi connectivity index (χ1) is 9.51. The number of benzene rings is 1. The van der Waals surface area contributed by atoms with Crippen molar-refractivity contribution in [2.45, 2.75) is 26.2 Å². The Labute approximate surface area is 117 Å². The molecule has 1 N–H and O–H groups in total. The number of aromatic amines is 1. The average Bonchev–Trinajstić information content (AvgIpc) is 2.79. The van der Waals surface area contributed by atoms with E-state index in [0.29, 0.717) is 11.6 Å². The van der Waals surface area contributed by atoms with Gasteiger partial charge in [-0.3, -0.25) is 14.7 Å². The van der Waals surface area contributed by atoms with Crippen LogP contribution in [0.25, 0.3) is 5.69 Å². The molecule has 0 fully saturated rings. The minimum absolute atomic E-state index is 0.0584. The van der Waals surface area contributed by atoms with Crippen molar-refractivity contribution in [1.29, 1.82) is 0 Å². The molecule has 0 spiro atoms. The van der Waals surface area contributed by atoms with Gasteiger partial charge in [-0.25, -0.2) is 4.68 Å². The number of ether oxygens (including phenoxy) is 1. The molecule has 20 heavy (non-hydrogen) atoms. The largest absolute Gasteiger partial charge is 0.469 e. The molecule has 0 bridgehead atoms. The predicted octanol–water partition coefficient (Wildman–Crippen LogP) is 2.00. The highest BCUT2D eigenvalue weighted by Crippen LogP contribution is 2.15. The van der Waals surface area contributed by atoms with Crippen molar-refractivity contribution in [2.24, 2.45) is 0 Å². The molecular weight excluding hydrogens is 256 g/mol. The normalized spacial score (nSPS) is 10.8. The second kappa shape index (κ2) is 5.77. The average molecular weight is 274 g/mol. The van der Waals surface area contributed by atoms with Gasteiger partial charge in [-0.15, -0.1) is 0 Å². The van der Waals surface area contributed by atoms with Gasteiger partial charge in [0.1, 0.15) is 0 Å². The molecule has 0 unspecified atom stereocenters. The van der Waals surface area contributed by atoms with Crippen molar-refractivity contribution in [3.05, 3.63) is 51.9 Å². The second-order valence-electron chi connectivity index (χ2n) is 4.95. The third-order valence-electron chi connectivity index (χ3n) is 3.15. The maximum atomic E-state index is 11.9. The highest BCUT2D eigenvalue weighted by atomic mass is 16.5. The van der Waals surface area contributed by atoms with Crippen molar-refractivity contribution in [3.8, 4) is 5.69 Å². The smallest absolute Gasteiger partial charge is 0.311 e. The van der Waals surface area contributed by atoms with Gasteiger partial charge in [-0.05, 0) is 23.6 Å². The lowest BCUT2D eigenvalue weighted by atomic mass is 10.0. The van der Waals surface area contributed by atoms with Gasteiger partial charge in [0.15, 0.2) is 0 Å². The molecule has 1 aromatic heterocycles. The van der Waals surface area contributed by atoms with E-state index in [1.165, 1.54) is 23.4 Å². The molecule has 106 valence electrons. The molecule has 0 aliphatic rings. The topological polar surface area (TPSA) is 64.1 Å². The fraction of sp³-hybridized carbons (Fsp3) is 0.333. The number of rotatable bonds is 4. The summed E-state index contributed by atoms with van der Waals surface area (Å²) in [6.07, 6.45) is 0.0584. The zero-order chi connectivity index (χ0) is 14.7. The van der Waals surface area contributed by atoms with Crippen molar-refractivity contribution in [2.75, 3.05) is 7.11 Å². The van der Waals surface area contributed by atoms with Crippen molar-refractivity contribution in [3.63, 3.8) is 0 Å². The Morgan fingerprint density at radius 3 is 2.50 bits per heavy atom. The van der Waals surface area contributed by atoms with Crippen LogP contribution in [0.2, 0.25) is 0 Å². The number of hydrogen-bond donors (Lipinski definition) is 1.